The molecule has 2 nitrogen and oxygen atoms in total. The minimum atomic E-state index is 0.211. The Morgan fingerprint density at radius 2 is 1.58 bits per heavy atom. The lowest BCUT2D eigenvalue weighted by atomic mass is 9.98. The molecule has 0 radical (unpaired) electrons. The fraction of sp³-hybridized carbons (Fsp3) is 0.294. The van der Waals surface area contributed by atoms with E-state index in [0.29, 0.717) is 5.75 Å². The number of rotatable bonds is 5. The molecule has 2 heteroatoms. The molecule has 1 unspecified atom stereocenters. The topological polar surface area (TPSA) is 32.3 Å². The molecule has 0 amide bonds. The standard InChI is InChI=1S/C17H19NO/c19-16-10-8-15(9-11-16)17(18-12-13-6-7-13)14-4-2-1-3-5-14/h1-5,8-11,13,17-19H,6-7,12H2. The Balaban J connectivity index is 1.84. The van der Waals surface area contributed by atoms with Gasteiger partial charge in [-0.3, -0.25) is 0 Å². The third kappa shape index (κ3) is 3.15. The molecule has 1 atom stereocenters. The number of nitrogens with one attached hydrogen (secondary N) is 1. The maximum absolute atomic E-state index is 9.42. The number of phenols is 1. The van der Waals surface area contributed by atoms with Crippen LogP contribution in [0, 0.1) is 5.92 Å². The molecule has 0 aliphatic heterocycles. The van der Waals surface area contributed by atoms with Crippen molar-refractivity contribution in [2.45, 2.75) is 18.9 Å². The Hall–Kier alpha value is -1.80. The second-order valence-corrected chi connectivity index (χ2v) is 5.29. The van der Waals surface area contributed by atoms with Gasteiger partial charge in [0.15, 0.2) is 0 Å². The molecule has 1 saturated carbocycles. The molecule has 1 aliphatic carbocycles. The predicted molar refractivity (Wildman–Crippen MR) is 77.1 cm³/mol. The summed E-state index contributed by atoms with van der Waals surface area (Å²) in [5, 5.41) is 13.1. The number of benzene rings is 2. The van der Waals surface area contributed by atoms with E-state index in [4.69, 9.17) is 0 Å². The van der Waals surface area contributed by atoms with Gasteiger partial charge in [-0.15, -0.1) is 0 Å². The van der Waals surface area contributed by atoms with Gasteiger partial charge in [0.2, 0.25) is 0 Å². The summed E-state index contributed by atoms with van der Waals surface area (Å²) in [6, 6.07) is 18.2. The smallest absolute Gasteiger partial charge is 0.115 e. The van der Waals surface area contributed by atoms with Crippen LogP contribution in [0.2, 0.25) is 0 Å². The predicted octanol–water partition coefficient (Wildman–Crippen LogP) is 3.48. The van der Waals surface area contributed by atoms with Gasteiger partial charge < -0.3 is 10.4 Å². The molecular formula is C17H19NO. The summed E-state index contributed by atoms with van der Waals surface area (Å²) in [6.07, 6.45) is 2.70. The molecule has 2 N–H and O–H groups in total. The molecule has 2 aromatic rings. The summed E-state index contributed by atoms with van der Waals surface area (Å²) in [5.41, 5.74) is 2.47. The molecule has 2 aromatic carbocycles. The molecule has 3 rings (SSSR count). The van der Waals surface area contributed by atoms with Crippen LogP contribution in [0.4, 0.5) is 0 Å². The minimum Gasteiger partial charge on any atom is -0.508 e. The summed E-state index contributed by atoms with van der Waals surface area (Å²) < 4.78 is 0. The van der Waals surface area contributed by atoms with Crippen LogP contribution in [-0.4, -0.2) is 11.7 Å². The Morgan fingerprint density at radius 1 is 0.947 bits per heavy atom. The molecular weight excluding hydrogens is 234 g/mol. The molecule has 0 heterocycles. The Morgan fingerprint density at radius 3 is 2.21 bits per heavy atom. The van der Waals surface area contributed by atoms with Crippen molar-refractivity contribution in [3.8, 4) is 5.75 Å². The number of phenolic OH excluding ortho intramolecular Hbond substituents is 1. The van der Waals surface area contributed by atoms with Crippen molar-refractivity contribution in [2.75, 3.05) is 6.54 Å². The van der Waals surface area contributed by atoms with E-state index < -0.39 is 0 Å². The van der Waals surface area contributed by atoms with Gasteiger partial charge in [-0.25, -0.2) is 0 Å². The van der Waals surface area contributed by atoms with Crippen LogP contribution in [0.15, 0.2) is 54.6 Å². The lowest BCUT2D eigenvalue weighted by Gasteiger charge is -2.20. The average molecular weight is 253 g/mol. The van der Waals surface area contributed by atoms with Crippen LogP contribution < -0.4 is 5.32 Å². The van der Waals surface area contributed by atoms with Crippen molar-refractivity contribution in [1.29, 1.82) is 0 Å². The first-order chi connectivity index (χ1) is 9.33. The van der Waals surface area contributed by atoms with E-state index in [9.17, 15) is 5.11 Å². The van der Waals surface area contributed by atoms with Gasteiger partial charge in [0.1, 0.15) is 5.75 Å². The first-order valence-corrected chi connectivity index (χ1v) is 6.90. The first-order valence-electron chi connectivity index (χ1n) is 6.90. The molecule has 0 bridgehead atoms. The molecule has 98 valence electrons. The van der Waals surface area contributed by atoms with Crippen molar-refractivity contribution in [1.82, 2.24) is 5.32 Å². The number of hydrogen-bond acceptors (Lipinski definition) is 2. The zero-order valence-corrected chi connectivity index (χ0v) is 10.9. The zero-order chi connectivity index (χ0) is 13.1. The van der Waals surface area contributed by atoms with Gasteiger partial charge in [-0.05, 0) is 48.6 Å². The van der Waals surface area contributed by atoms with Crippen LogP contribution >= 0.6 is 0 Å². The second-order valence-electron chi connectivity index (χ2n) is 5.29. The van der Waals surface area contributed by atoms with Crippen molar-refractivity contribution in [3.63, 3.8) is 0 Å². The zero-order valence-electron chi connectivity index (χ0n) is 10.9. The van der Waals surface area contributed by atoms with Crippen molar-refractivity contribution >= 4 is 0 Å². The fourth-order valence-corrected chi connectivity index (χ4v) is 2.35. The third-order valence-corrected chi connectivity index (χ3v) is 3.67. The van der Waals surface area contributed by atoms with E-state index in [0.717, 1.165) is 12.5 Å². The Labute approximate surface area is 114 Å². The normalized spacial score (nSPS) is 16.2. The van der Waals surface area contributed by atoms with Crippen LogP contribution in [0.1, 0.15) is 30.0 Å². The molecule has 0 aromatic heterocycles. The second kappa shape index (κ2) is 5.45. The highest BCUT2D eigenvalue weighted by atomic mass is 16.3. The lowest BCUT2D eigenvalue weighted by Crippen LogP contribution is -2.24. The molecule has 0 spiro atoms. The first kappa shape index (κ1) is 12.2. The summed E-state index contributed by atoms with van der Waals surface area (Å²) in [4.78, 5) is 0. The maximum atomic E-state index is 9.42. The number of hydrogen-bond donors (Lipinski definition) is 2. The number of aromatic hydroxyl groups is 1. The summed E-state index contributed by atoms with van der Waals surface area (Å²) in [6.45, 7) is 1.07. The largest absolute Gasteiger partial charge is 0.508 e. The van der Waals surface area contributed by atoms with Gasteiger partial charge in [0.25, 0.3) is 0 Å². The van der Waals surface area contributed by atoms with E-state index in [1.165, 1.54) is 24.0 Å². The average Bonchev–Trinajstić information content (AvgIpc) is 3.26. The third-order valence-electron chi connectivity index (χ3n) is 3.67. The van der Waals surface area contributed by atoms with Crippen LogP contribution in [-0.2, 0) is 0 Å². The van der Waals surface area contributed by atoms with Gasteiger partial charge in [-0.1, -0.05) is 42.5 Å². The fourth-order valence-electron chi connectivity index (χ4n) is 2.35. The van der Waals surface area contributed by atoms with E-state index >= 15 is 0 Å². The Bertz CT molecular complexity index is 517. The lowest BCUT2D eigenvalue weighted by molar-refractivity contribution is 0.474. The maximum Gasteiger partial charge on any atom is 0.115 e. The van der Waals surface area contributed by atoms with Crippen molar-refractivity contribution in [3.05, 3.63) is 65.7 Å². The van der Waals surface area contributed by atoms with Gasteiger partial charge in [-0.2, -0.15) is 0 Å². The van der Waals surface area contributed by atoms with Crippen molar-refractivity contribution < 1.29 is 5.11 Å². The summed E-state index contributed by atoms with van der Waals surface area (Å²) in [7, 11) is 0. The van der Waals surface area contributed by atoms with Gasteiger partial charge >= 0.3 is 0 Å². The van der Waals surface area contributed by atoms with E-state index in [2.05, 4.69) is 29.6 Å². The summed E-state index contributed by atoms with van der Waals surface area (Å²) >= 11 is 0. The van der Waals surface area contributed by atoms with Crippen LogP contribution in [0.3, 0.4) is 0 Å². The molecule has 19 heavy (non-hydrogen) atoms. The van der Waals surface area contributed by atoms with Crippen LogP contribution in [0.5, 0.6) is 5.75 Å². The van der Waals surface area contributed by atoms with Gasteiger partial charge in [0, 0.05) is 0 Å². The van der Waals surface area contributed by atoms with E-state index in [1.807, 2.05) is 18.2 Å². The molecule has 0 saturated heterocycles. The highest BCUT2D eigenvalue weighted by Crippen LogP contribution is 2.30. The summed E-state index contributed by atoms with van der Waals surface area (Å²) in [5.74, 6) is 1.17. The molecule has 1 aliphatic rings. The quantitative estimate of drug-likeness (QED) is 0.855. The van der Waals surface area contributed by atoms with Crippen LogP contribution in [0.25, 0.3) is 0 Å². The highest BCUT2D eigenvalue weighted by molar-refractivity contribution is 5.35. The molecule has 1 fully saturated rings. The van der Waals surface area contributed by atoms with Crippen molar-refractivity contribution in [2.24, 2.45) is 5.92 Å². The monoisotopic (exact) mass is 253 g/mol. The minimum absolute atomic E-state index is 0.211. The Kier molecular flexibility index (Phi) is 3.51. The van der Waals surface area contributed by atoms with E-state index in [-0.39, 0.29) is 6.04 Å². The van der Waals surface area contributed by atoms with E-state index in [1.54, 1.807) is 12.1 Å². The highest BCUT2D eigenvalue weighted by Gasteiger charge is 2.23. The van der Waals surface area contributed by atoms with Gasteiger partial charge in [0.05, 0.1) is 6.04 Å². The SMILES string of the molecule is Oc1ccc(C(NCC2CC2)c2ccccc2)cc1.